The first kappa shape index (κ1) is 26.1. The van der Waals surface area contributed by atoms with E-state index in [2.05, 4.69) is 0 Å². The van der Waals surface area contributed by atoms with Crippen LogP contribution >= 0.6 is 0 Å². The molecule has 2 aromatic rings. The van der Waals surface area contributed by atoms with Crippen LogP contribution in [0.3, 0.4) is 0 Å². The largest absolute Gasteiger partial charge is 0.507 e. The van der Waals surface area contributed by atoms with E-state index in [4.69, 9.17) is 14.2 Å². The highest BCUT2D eigenvalue weighted by Crippen LogP contribution is 2.45. The number of methoxy groups -OCH3 is 2. The van der Waals surface area contributed by atoms with Crippen LogP contribution in [0.25, 0.3) is 5.76 Å². The molecule has 1 aliphatic heterocycles. The predicted octanol–water partition coefficient (Wildman–Crippen LogP) is 3.72. The van der Waals surface area contributed by atoms with Crippen LogP contribution in [-0.4, -0.2) is 74.6 Å². The molecule has 8 nitrogen and oxygen atoms in total. The third kappa shape index (κ3) is 5.59. The summed E-state index contributed by atoms with van der Waals surface area (Å²) in [6.07, 6.45) is 0. The zero-order valence-corrected chi connectivity index (χ0v) is 21.2. The van der Waals surface area contributed by atoms with Gasteiger partial charge < -0.3 is 29.1 Å². The SMILES string of the molecule is COc1cccc(C2/C(=C(\O)c3cccc(OCC(C)C)c3)C(=O)C(=O)N2CCN(C)C)c1OC. The molecule has 1 aliphatic rings. The van der Waals surface area contributed by atoms with E-state index in [0.717, 1.165) is 0 Å². The molecule has 1 heterocycles. The number of likely N-dealkylation sites (N-methyl/N-ethyl adjacent to an activating group) is 1. The topological polar surface area (TPSA) is 88.5 Å². The van der Waals surface area contributed by atoms with Crippen molar-refractivity contribution in [2.24, 2.45) is 5.92 Å². The number of likely N-dealkylation sites (tertiary alicyclic amines) is 1. The fourth-order valence-corrected chi connectivity index (χ4v) is 4.02. The highest BCUT2D eigenvalue weighted by molar-refractivity contribution is 6.46. The average molecular weight is 483 g/mol. The number of carbonyl (C=O) groups excluding carboxylic acids is 2. The summed E-state index contributed by atoms with van der Waals surface area (Å²) in [6, 6.07) is 11.3. The lowest BCUT2D eigenvalue weighted by atomic mass is 9.94. The van der Waals surface area contributed by atoms with Crippen LogP contribution < -0.4 is 14.2 Å². The van der Waals surface area contributed by atoms with Crippen molar-refractivity contribution in [3.63, 3.8) is 0 Å². The van der Waals surface area contributed by atoms with Gasteiger partial charge in [-0.15, -0.1) is 0 Å². The summed E-state index contributed by atoms with van der Waals surface area (Å²) in [5.74, 6) is 0.0829. The lowest BCUT2D eigenvalue weighted by molar-refractivity contribution is -0.140. The third-order valence-corrected chi connectivity index (χ3v) is 5.75. The molecule has 0 radical (unpaired) electrons. The number of hydrogen-bond acceptors (Lipinski definition) is 7. The van der Waals surface area contributed by atoms with E-state index in [0.29, 0.717) is 47.4 Å². The van der Waals surface area contributed by atoms with Crippen molar-refractivity contribution in [1.29, 1.82) is 0 Å². The summed E-state index contributed by atoms with van der Waals surface area (Å²) in [4.78, 5) is 29.9. The summed E-state index contributed by atoms with van der Waals surface area (Å²) in [5.41, 5.74) is 0.948. The molecule has 8 heteroatoms. The highest BCUT2D eigenvalue weighted by Gasteiger charge is 2.47. The van der Waals surface area contributed by atoms with Crippen molar-refractivity contribution in [2.45, 2.75) is 19.9 Å². The van der Waals surface area contributed by atoms with Crippen molar-refractivity contribution >= 4 is 17.4 Å². The van der Waals surface area contributed by atoms with Gasteiger partial charge in [0.1, 0.15) is 11.5 Å². The number of aliphatic hydroxyl groups excluding tert-OH is 1. The van der Waals surface area contributed by atoms with E-state index < -0.39 is 17.7 Å². The number of amides is 1. The van der Waals surface area contributed by atoms with Gasteiger partial charge in [-0.3, -0.25) is 9.59 Å². The molecule has 0 aliphatic carbocycles. The number of Topliss-reactive ketones (excluding diaryl/α,β-unsaturated/α-hetero) is 1. The Labute approximate surface area is 206 Å². The Balaban J connectivity index is 2.18. The van der Waals surface area contributed by atoms with Gasteiger partial charge in [0.25, 0.3) is 11.7 Å². The number of aliphatic hydroxyl groups is 1. The quantitative estimate of drug-likeness (QED) is 0.314. The van der Waals surface area contributed by atoms with Gasteiger partial charge in [0.2, 0.25) is 0 Å². The Bertz CT molecular complexity index is 1110. The first-order chi connectivity index (χ1) is 16.7. The number of carbonyl (C=O) groups is 2. The maximum absolute atomic E-state index is 13.3. The van der Waals surface area contributed by atoms with Gasteiger partial charge in [0.15, 0.2) is 11.5 Å². The molecule has 0 aromatic heterocycles. The molecule has 1 unspecified atom stereocenters. The monoisotopic (exact) mass is 482 g/mol. The van der Waals surface area contributed by atoms with Crippen LogP contribution in [0.15, 0.2) is 48.0 Å². The van der Waals surface area contributed by atoms with E-state index in [1.807, 2.05) is 32.8 Å². The zero-order valence-electron chi connectivity index (χ0n) is 21.2. The normalized spacial score (nSPS) is 17.4. The van der Waals surface area contributed by atoms with Gasteiger partial charge in [0.05, 0.1) is 32.4 Å². The predicted molar refractivity (Wildman–Crippen MR) is 134 cm³/mol. The van der Waals surface area contributed by atoms with Gasteiger partial charge in [0, 0.05) is 24.2 Å². The first-order valence-electron chi connectivity index (χ1n) is 11.6. The molecule has 1 atom stereocenters. The van der Waals surface area contributed by atoms with Gasteiger partial charge >= 0.3 is 0 Å². The van der Waals surface area contributed by atoms with Crippen molar-refractivity contribution in [3.8, 4) is 17.2 Å². The van der Waals surface area contributed by atoms with Crippen LogP contribution in [-0.2, 0) is 9.59 Å². The van der Waals surface area contributed by atoms with Gasteiger partial charge in [-0.1, -0.05) is 38.1 Å². The van der Waals surface area contributed by atoms with Crippen molar-refractivity contribution in [1.82, 2.24) is 9.80 Å². The van der Waals surface area contributed by atoms with Gasteiger partial charge in [-0.25, -0.2) is 0 Å². The fourth-order valence-electron chi connectivity index (χ4n) is 4.02. The smallest absolute Gasteiger partial charge is 0.295 e. The van der Waals surface area contributed by atoms with Crippen molar-refractivity contribution < 1.29 is 28.9 Å². The van der Waals surface area contributed by atoms with E-state index in [-0.39, 0.29) is 17.9 Å². The van der Waals surface area contributed by atoms with E-state index in [9.17, 15) is 14.7 Å². The molecule has 1 fully saturated rings. The number of nitrogens with zero attached hydrogens (tertiary/aromatic N) is 2. The van der Waals surface area contributed by atoms with E-state index >= 15 is 0 Å². The summed E-state index contributed by atoms with van der Waals surface area (Å²) in [7, 11) is 6.80. The second-order valence-corrected chi connectivity index (χ2v) is 9.11. The third-order valence-electron chi connectivity index (χ3n) is 5.75. The molecule has 0 spiro atoms. The minimum atomic E-state index is -0.847. The van der Waals surface area contributed by atoms with E-state index in [1.54, 1.807) is 42.5 Å². The average Bonchev–Trinajstić information content (AvgIpc) is 3.09. The van der Waals surface area contributed by atoms with Crippen LogP contribution in [0, 0.1) is 5.92 Å². The summed E-state index contributed by atoms with van der Waals surface area (Å²) in [6.45, 7) is 5.42. The second kappa shape index (κ2) is 11.3. The Morgan fingerprint density at radius 2 is 1.80 bits per heavy atom. The van der Waals surface area contributed by atoms with Crippen molar-refractivity contribution in [3.05, 3.63) is 59.2 Å². The molecule has 0 saturated carbocycles. The molecular weight excluding hydrogens is 448 g/mol. The van der Waals surface area contributed by atoms with Crippen LogP contribution in [0.1, 0.15) is 31.0 Å². The first-order valence-corrected chi connectivity index (χ1v) is 11.6. The molecule has 1 saturated heterocycles. The minimum Gasteiger partial charge on any atom is -0.507 e. The lowest BCUT2D eigenvalue weighted by Gasteiger charge is -2.28. The summed E-state index contributed by atoms with van der Waals surface area (Å²) >= 11 is 0. The van der Waals surface area contributed by atoms with Crippen LogP contribution in [0.4, 0.5) is 0 Å². The Morgan fingerprint density at radius 3 is 2.43 bits per heavy atom. The molecule has 35 heavy (non-hydrogen) atoms. The number of hydrogen-bond donors (Lipinski definition) is 1. The molecular formula is C27H34N2O6. The summed E-state index contributed by atoms with van der Waals surface area (Å²) in [5, 5.41) is 11.4. The Kier molecular flexibility index (Phi) is 8.40. The molecule has 1 amide bonds. The summed E-state index contributed by atoms with van der Waals surface area (Å²) < 4.78 is 16.9. The maximum atomic E-state index is 13.3. The Morgan fingerprint density at radius 1 is 1.09 bits per heavy atom. The number of ketones is 1. The minimum absolute atomic E-state index is 0.00122. The molecule has 2 aromatic carbocycles. The number of rotatable bonds is 10. The Hall–Kier alpha value is -3.52. The standard InChI is InChI=1S/C27H34N2O6/c1-17(2)16-35-19-10-7-9-18(15-19)24(30)22-23(20-11-8-12-21(33-5)26(20)34-6)29(14-13-28(3)4)27(32)25(22)31/h7-12,15,17,23,30H,13-14,16H2,1-6H3/b24-22+. The van der Waals surface area contributed by atoms with Crippen LogP contribution in [0.2, 0.25) is 0 Å². The lowest BCUT2D eigenvalue weighted by Crippen LogP contribution is -2.35. The van der Waals surface area contributed by atoms with Crippen molar-refractivity contribution in [2.75, 3.05) is 48.0 Å². The van der Waals surface area contributed by atoms with Crippen LogP contribution in [0.5, 0.6) is 17.2 Å². The molecule has 1 N–H and O–H groups in total. The molecule has 3 rings (SSSR count). The van der Waals surface area contributed by atoms with Gasteiger partial charge in [-0.2, -0.15) is 0 Å². The van der Waals surface area contributed by atoms with Gasteiger partial charge in [-0.05, 0) is 38.2 Å². The second-order valence-electron chi connectivity index (χ2n) is 9.11. The van der Waals surface area contributed by atoms with E-state index in [1.165, 1.54) is 19.1 Å². The molecule has 0 bridgehead atoms. The maximum Gasteiger partial charge on any atom is 0.295 e. The zero-order chi connectivity index (χ0) is 25.7. The molecule has 188 valence electrons. The number of ether oxygens (including phenoxy) is 3. The fraction of sp³-hybridized carbons (Fsp3) is 0.407. The number of para-hydroxylation sites is 1. The number of benzene rings is 2. The highest BCUT2D eigenvalue weighted by atomic mass is 16.5.